The molecule has 0 saturated heterocycles. The molecule has 0 saturated carbocycles. The molecule has 0 aliphatic rings. The van der Waals surface area contributed by atoms with Gasteiger partial charge in [0.25, 0.3) is 0 Å². The lowest BCUT2D eigenvalue weighted by atomic mass is 10.0. The zero-order valence-corrected chi connectivity index (χ0v) is 22.2. The van der Waals surface area contributed by atoms with Crippen LogP contribution in [0, 0.1) is 5.92 Å². The number of hydrogen-bond donors (Lipinski definition) is 9. The SMILES string of the molecule is CC(C)CC(NC(=O)C(NC(=O)C(CO)NC(=O)C(N)CCC(=O)O)C(C)O)C(=O)NC(C=O)CCC(N)=O. The fourth-order valence-electron chi connectivity index (χ4n) is 3.26. The highest BCUT2D eigenvalue weighted by atomic mass is 16.4. The summed E-state index contributed by atoms with van der Waals surface area (Å²) in [6.45, 7) is 3.80. The Kier molecular flexibility index (Phi) is 16.1. The maximum atomic E-state index is 13.0. The van der Waals surface area contributed by atoms with Gasteiger partial charge in [-0.15, -0.1) is 0 Å². The molecular formula is C23H40N6O10. The third kappa shape index (κ3) is 14.2. The van der Waals surface area contributed by atoms with Gasteiger partial charge < -0.3 is 52.8 Å². The summed E-state index contributed by atoms with van der Waals surface area (Å²) >= 11 is 0. The summed E-state index contributed by atoms with van der Waals surface area (Å²) in [5.74, 6) is -5.66. The number of carboxylic acid groups (broad SMARTS) is 1. The van der Waals surface area contributed by atoms with E-state index in [1.54, 1.807) is 13.8 Å². The number of rotatable bonds is 19. The van der Waals surface area contributed by atoms with E-state index in [2.05, 4.69) is 21.3 Å². The van der Waals surface area contributed by atoms with Crippen molar-refractivity contribution in [3.63, 3.8) is 0 Å². The average molecular weight is 561 g/mol. The second-order valence-corrected chi connectivity index (χ2v) is 9.46. The Morgan fingerprint density at radius 1 is 0.821 bits per heavy atom. The van der Waals surface area contributed by atoms with Crippen molar-refractivity contribution in [2.45, 2.75) is 89.2 Å². The summed E-state index contributed by atoms with van der Waals surface area (Å²) in [7, 11) is 0. The normalized spacial score (nSPS) is 15.6. The largest absolute Gasteiger partial charge is 0.481 e. The molecule has 39 heavy (non-hydrogen) atoms. The number of carboxylic acids is 1. The van der Waals surface area contributed by atoms with Gasteiger partial charge in [-0.2, -0.15) is 0 Å². The molecule has 0 radical (unpaired) electrons. The van der Waals surface area contributed by atoms with Gasteiger partial charge in [-0.25, -0.2) is 0 Å². The van der Waals surface area contributed by atoms with Crippen molar-refractivity contribution in [2.24, 2.45) is 17.4 Å². The van der Waals surface area contributed by atoms with Crippen LogP contribution in [0.2, 0.25) is 0 Å². The van der Waals surface area contributed by atoms with E-state index >= 15 is 0 Å². The van der Waals surface area contributed by atoms with E-state index in [1.165, 1.54) is 6.92 Å². The summed E-state index contributed by atoms with van der Waals surface area (Å²) in [6, 6.07) is -6.72. The van der Waals surface area contributed by atoms with Crippen molar-refractivity contribution < 1.29 is 48.9 Å². The molecule has 6 unspecified atom stereocenters. The number of hydrogen-bond acceptors (Lipinski definition) is 10. The molecule has 0 aromatic heterocycles. The van der Waals surface area contributed by atoms with E-state index in [0.717, 1.165) is 0 Å². The highest BCUT2D eigenvalue weighted by molar-refractivity contribution is 5.95. The monoisotopic (exact) mass is 560 g/mol. The van der Waals surface area contributed by atoms with Crippen molar-refractivity contribution in [3.8, 4) is 0 Å². The van der Waals surface area contributed by atoms with Crippen molar-refractivity contribution in [3.05, 3.63) is 0 Å². The number of aldehydes is 1. The zero-order chi connectivity index (χ0) is 30.3. The van der Waals surface area contributed by atoms with Gasteiger partial charge in [0.2, 0.25) is 29.5 Å². The predicted molar refractivity (Wildman–Crippen MR) is 135 cm³/mol. The Hall–Kier alpha value is -3.63. The van der Waals surface area contributed by atoms with E-state index < -0.39 is 84.8 Å². The van der Waals surface area contributed by atoms with Crippen molar-refractivity contribution in [1.82, 2.24) is 21.3 Å². The quantitative estimate of drug-likeness (QED) is 0.0686. The molecular weight excluding hydrogens is 520 g/mol. The summed E-state index contributed by atoms with van der Waals surface area (Å²) < 4.78 is 0. The molecule has 6 atom stereocenters. The molecule has 0 aromatic carbocycles. The highest BCUT2D eigenvalue weighted by Crippen LogP contribution is 2.08. The van der Waals surface area contributed by atoms with Crippen molar-refractivity contribution >= 4 is 41.8 Å². The smallest absolute Gasteiger partial charge is 0.303 e. The molecule has 0 aliphatic carbocycles. The maximum absolute atomic E-state index is 13.0. The Balaban J connectivity index is 5.47. The van der Waals surface area contributed by atoms with Crippen molar-refractivity contribution in [1.29, 1.82) is 0 Å². The lowest BCUT2D eigenvalue weighted by molar-refractivity contribution is -0.138. The fourth-order valence-corrected chi connectivity index (χ4v) is 3.26. The van der Waals surface area contributed by atoms with E-state index in [4.69, 9.17) is 16.6 Å². The van der Waals surface area contributed by atoms with Crippen LogP contribution < -0.4 is 32.7 Å². The number of aliphatic carboxylic acids is 1. The molecule has 16 nitrogen and oxygen atoms in total. The number of primary amides is 1. The van der Waals surface area contributed by atoms with Crippen LogP contribution in [0.15, 0.2) is 0 Å². The first-order valence-corrected chi connectivity index (χ1v) is 12.3. The van der Waals surface area contributed by atoms with Crippen LogP contribution in [-0.2, 0) is 33.6 Å². The molecule has 0 bridgehead atoms. The van der Waals surface area contributed by atoms with Crippen LogP contribution in [0.1, 0.15) is 52.9 Å². The van der Waals surface area contributed by atoms with Gasteiger partial charge in [0.15, 0.2) is 0 Å². The first kappa shape index (κ1) is 35.4. The Morgan fingerprint density at radius 3 is 1.85 bits per heavy atom. The van der Waals surface area contributed by atoms with E-state index in [0.29, 0.717) is 6.29 Å². The summed E-state index contributed by atoms with van der Waals surface area (Å²) in [5.41, 5.74) is 10.7. The third-order valence-corrected chi connectivity index (χ3v) is 5.42. The van der Waals surface area contributed by atoms with Crippen LogP contribution in [0.25, 0.3) is 0 Å². The van der Waals surface area contributed by atoms with Gasteiger partial charge in [-0.1, -0.05) is 13.8 Å². The van der Waals surface area contributed by atoms with Gasteiger partial charge >= 0.3 is 5.97 Å². The lowest BCUT2D eigenvalue weighted by Gasteiger charge is -2.27. The first-order valence-electron chi connectivity index (χ1n) is 12.3. The molecule has 0 aliphatic heterocycles. The van der Waals surface area contributed by atoms with Gasteiger partial charge in [-0.3, -0.25) is 28.8 Å². The average Bonchev–Trinajstić information content (AvgIpc) is 2.84. The molecule has 0 rings (SSSR count). The molecule has 16 heteroatoms. The molecule has 222 valence electrons. The Morgan fingerprint density at radius 2 is 1.38 bits per heavy atom. The minimum atomic E-state index is -1.62. The molecule has 0 heterocycles. The standard InChI is InChI=1S/C23H40N6O10/c1-11(2)8-15(21(37)26-13(9-30)4-6-17(25)33)27-23(39)19(12(3)32)29-22(38)16(10-31)28-20(36)14(24)5-7-18(34)35/h9,11-16,19,31-32H,4-8,10,24H2,1-3H3,(H2,25,33)(H,26,37)(H,27,39)(H,28,36)(H,29,38)(H,34,35). The molecule has 0 fully saturated rings. The molecule has 0 spiro atoms. The van der Waals surface area contributed by atoms with E-state index in [1.807, 2.05) is 0 Å². The van der Waals surface area contributed by atoms with Crippen LogP contribution in [0.5, 0.6) is 0 Å². The summed E-state index contributed by atoms with van der Waals surface area (Å²) in [5, 5.41) is 37.5. The highest BCUT2D eigenvalue weighted by Gasteiger charge is 2.33. The van der Waals surface area contributed by atoms with Gasteiger partial charge in [0.05, 0.1) is 24.8 Å². The third-order valence-electron chi connectivity index (χ3n) is 5.42. The Labute approximate surface area is 225 Å². The lowest BCUT2D eigenvalue weighted by Crippen LogP contribution is -2.61. The first-order chi connectivity index (χ1) is 18.1. The second-order valence-electron chi connectivity index (χ2n) is 9.46. The van der Waals surface area contributed by atoms with Crippen molar-refractivity contribution in [2.75, 3.05) is 6.61 Å². The number of aliphatic hydroxyl groups excluding tert-OH is 2. The number of amides is 5. The summed E-state index contributed by atoms with van der Waals surface area (Å²) in [6.07, 6.45) is -1.79. The topological polar surface area (TPSA) is 280 Å². The number of carbonyl (C=O) groups is 7. The fraction of sp³-hybridized carbons (Fsp3) is 0.696. The maximum Gasteiger partial charge on any atom is 0.303 e. The van der Waals surface area contributed by atoms with Gasteiger partial charge in [0.1, 0.15) is 24.4 Å². The van der Waals surface area contributed by atoms with E-state index in [-0.39, 0.29) is 31.6 Å². The van der Waals surface area contributed by atoms with Gasteiger partial charge in [-0.05, 0) is 32.1 Å². The van der Waals surface area contributed by atoms with Crippen LogP contribution in [0.4, 0.5) is 0 Å². The number of carbonyl (C=O) groups excluding carboxylic acids is 6. The number of nitrogens with one attached hydrogen (secondary N) is 4. The zero-order valence-electron chi connectivity index (χ0n) is 22.2. The predicted octanol–water partition coefficient (Wildman–Crippen LogP) is -4.00. The Bertz CT molecular complexity index is 881. The summed E-state index contributed by atoms with van der Waals surface area (Å²) in [4.78, 5) is 83.5. The molecule has 11 N–H and O–H groups in total. The van der Waals surface area contributed by atoms with Crippen LogP contribution >= 0.6 is 0 Å². The minimum Gasteiger partial charge on any atom is -0.481 e. The number of aliphatic hydroxyl groups is 2. The van der Waals surface area contributed by atoms with E-state index in [9.17, 15) is 43.8 Å². The minimum absolute atomic E-state index is 0.0481. The van der Waals surface area contributed by atoms with Crippen LogP contribution in [-0.4, -0.2) is 100 Å². The van der Waals surface area contributed by atoms with Crippen LogP contribution in [0.3, 0.4) is 0 Å². The van der Waals surface area contributed by atoms with Gasteiger partial charge in [0, 0.05) is 12.8 Å². The second kappa shape index (κ2) is 17.8. The molecule has 5 amide bonds. The molecule has 0 aromatic rings. The number of nitrogens with two attached hydrogens (primary N) is 2.